The lowest BCUT2D eigenvalue weighted by Crippen LogP contribution is -1.91. The summed E-state index contributed by atoms with van der Waals surface area (Å²) in [5.74, 6) is 0. The van der Waals surface area contributed by atoms with Gasteiger partial charge in [-0.15, -0.1) is 0 Å². The summed E-state index contributed by atoms with van der Waals surface area (Å²) in [5, 5.41) is 0.703. The lowest BCUT2D eigenvalue weighted by Gasteiger charge is -2.09. The van der Waals surface area contributed by atoms with Crippen LogP contribution in [-0.4, -0.2) is 0 Å². The molecule has 82 valence electrons. The van der Waals surface area contributed by atoms with Crippen LogP contribution in [0.5, 0.6) is 0 Å². The molecule has 2 aromatic rings. The minimum Gasteiger partial charge on any atom is -0.398 e. The van der Waals surface area contributed by atoms with E-state index in [-0.39, 0.29) is 0 Å². The highest BCUT2D eigenvalue weighted by Gasteiger charge is 2.06. The van der Waals surface area contributed by atoms with Crippen LogP contribution in [-0.2, 0) is 0 Å². The van der Waals surface area contributed by atoms with Crippen molar-refractivity contribution in [3.8, 4) is 11.1 Å². The van der Waals surface area contributed by atoms with Crippen LogP contribution < -0.4 is 5.73 Å². The maximum absolute atomic E-state index is 6.21. The summed E-state index contributed by atoms with van der Waals surface area (Å²) in [7, 11) is 0. The maximum atomic E-state index is 6.21. The summed E-state index contributed by atoms with van der Waals surface area (Å²) in [6, 6.07) is 12.1. The lowest BCUT2D eigenvalue weighted by atomic mass is 10.0. The number of hydrogen-bond donors (Lipinski definition) is 1. The first kappa shape index (κ1) is 11.0. The molecule has 0 unspecified atom stereocenters. The first-order chi connectivity index (χ1) is 7.58. The third kappa shape index (κ3) is 2.05. The zero-order chi connectivity index (χ0) is 11.7. The molecule has 2 heteroatoms. The minimum absolute atomic E-state index is 0.703. The summed E-state index contributed by atoms with van der Waals surface area (Å²) in [5.41, 5.74) is 11.0. The number of anilines is 1. The summed E-state index contributed by atoms with van der Waals surface area (Å²) < 4.78 is 0. The number of hydrogen-bond acceptors (Lipinski definition) is 1. The third-order valence-corrected chi connectivity index (χ3v) is 3.00. The van der Waals surface area contributed by atoms with Crippen molar-refractivity contribution < 1.29 is 0 Å². The predicted octanol–water partition coefficient (Wildman–Crippen LogP) is 4.21. The molecule has 0 fully saturated rings. The third-order valence-electron chi connectivity index (χ3n) is 2.68. The summed E-state index contributed by atoms with van der Waals surface area (Å²) >= 11 is 6.21. The van der Waals surface area contributed by atoms with Crippen LogP contribution >= 0.6 is 11.6 Å². The van der Waals surface area contributed by atoms with Gasteiger partial charge in [-0.3, -0.25) is 0 Å². The van der Waals surface area contributed by atoms with Crippen molar-refractivity contribution in [2.24, 2.45) is 0 Å². The molecule has 0 aromatic heterocycles. The normalized spacial score (nSPS) is 10.4. The second kappa shape index (κ2) is 4.18. The largest absolute Gasteiger partial charge is 0.398 e. The second-order valence-corrected chi connectivity index (χ2v) is 4.47. The molecule has 0 saturated heterocycles. The van der Waals surface area contributed by atoms with Crippen molar-refractivity contribution in [3.05, 3.63) is 52.5 Å². The highest BCUT2D eigenvalue weighted by atomic mass is 35.5. The Hall–Kier alpha value is -1.47. The monoisotopic (exact) mass is 231 g/mol. The Morgan fingerprint density at radius 2 is 1.81 bits per heavy atom. The second-order valence-electron chi connectivity index (χ2n) is 4.06. The molecule has 0 aliphatic carbocycles. The highest BCUT2D eigenvalue weighted by Crippen LogP contribution is 2.31. The van der Waals surface area contributed by atoms with Gasteiger partial charge in [0.05, 0.1) is 5.02 Å². The topological polar surface area (TPSA) is 26.0 Å². The molecule has 0 amide bonds. The Morgan fingerprint density at radius 3 is 2.50 bits per heavy atom. The highest BCUT2D eigenvalue weighted by molar-refractivity contribution is 6.33. The van der Waals surface area contributed by atoms with Gasteiger partial charge in [0, 0.05) is 11.3 Å². The first-order valence-corrected chi connectivity index (χ1v) is 5.58. The van der Waals surface area contributed by atoms with Gasteiger partial charge in [0.25, 0.3) is 0 Å². The van der Waals surface area contributed by atoms with Crippen molar-refractivity contribution in [3.63, 3.8) is 0 Å². The van der Waals surface area contributed by atoms with Gasteiger partial charge in [-0.1, -0.05) is 41.4 Å². The zero-order valence-electron chi connectivity index (χ0n) is 9.42. The van der Waals surface area contributed by atoms with Crippen LogP contribution in [0.15, 0.2) is 36.4 Å². The minimum atomic E-state index is 0.703. The van der Waals surface area contributed by atoms with E-state index in [1.54, 1.807) is 0 Å². The van der Waals surface area contributed by atoms with Crippen LogP contribution in [0.2, 0.25) is 5.02 Å². The van der Waals surface area contributed by atoms with Crippen molar-refractivity contribution in [2.75, 3.05) is 5.73 Å². The van der Waals surface area contributed by atoms with E-state index in [9.17, 15) is 0 Å². The van der Waals surface area contributed by atoms with Crippen LogP contribution in [0.25, 0.3) is 11.1 Å². The van der Waals surface area contributed by atoms with Crippen molar-refractivity contribution >= 4 is 17.3 Å². The molecule has 2 aromatic carbocycles. The van der Waals surface area contributed by atoms with Gasteiger partial charge >= 0.3 is 0 Å². The van der Waals surface area contributed by atoms with E-state index >= 15 is 0 Å². The standard InChI is InChI=1S/C14H14ClN/c1-9-4-3-5-11(6-9)12-7-10(2)14(16)8-13(12)15/h3-8H,16H2,1-2H3. The molecule has 0 saturated carbocycles. The molecule has 0 spiro atoms. The molecule has 2 N–H and O–H groups in total. The fourth-order valence-corrected chi connectivity index (χ4v) is 2.01. The predicted molar refractivity (Wildman–Crippen MR) is 70.8 cm³/mol. The molecule has 0 radical (unpaired) electrons. The maximum Gasteiger partial charge on any atom is 0.0505 e. The smallest absolute Gasteiger partial charge is 0.0505 e. The molecule has 1 nitrogen and oxygen atoms in total. The van der Waals surface area contributed by atoms with Crippen molar-refractivity contribution in [2.45, 2.75) is 13.8 Å². The average Bonchev–Trinajstić information content (AvgIpc) is 2.23. The number of nitrogen functional groups attached to an aromatic ring is 1. The molecule has 0 bridgehead atoms. The van der Waals surface area contributed by atoms with Gasteiger partial charge in [-0.05, 0) is 37.1 Å². The van der Waals surface area contributed by atoms with Crippen molar-refractivity contribution in [1.82, 2.24) is 0 Å². The molecule has 16 heavy (non-hydrogen) atoms. The van der Waals surface area contributed by atoms with Gasteiger partial charge in [0.1, 0.15) is 0 Å². The quantitative estimate of drug-likeness (QED) is 0.732. The van der Waals surface area contributed by atoms with E-state index < -0.39 is 0 Å². The van der Waals surface area contributed by atoms with E-state index in [1.807, 2.05) is 25.1 Å². The Morgan fingerprint density at radius 1 is 1.06 bits per heavy atom. The van der Waals surface area contributed by atoms with Gasteiger partial charge < -0.3 is 5.73 Å². The Labute approximate surface area is 101 Å². The fraction of sp³-hybridized carbons (Fsp3) is 0.143. The average molecular weight is 232 g/mol. The van der Waals surface area contributed by atoms with E-state index in [4.69, 9.17) is 17.3 Å². The SMILES string of the molecule is Cc1cccc(-c2cc(C)c(N)cc2Cl)c1. The number of halogens is 1. The Balaban J connectivity index is 2.60. The van der Waals surface area contributed by atoms with Crippen LogP contribution in [0.1, 0.15) is 11.1 Å². The Kier molecular flexibility index (Phi) is 2.88. The summed E-state index contributed by atoms with van der Waals surface area (Å²) in [6.07, 6.45) is 0. The van der Waals surface area contributed by atoms with Crippen LogP contribution in [0.4, 0.5) is 5.69 Å². The zero-order valence-corrected chi connectivity index (χ0v) is 10.2. The molecule has 0 aliphatic rings. The molecule has 0 heterocycles. The van der Waals surface area contributed by atoms with E-state index in [0.717, 1.165) is 22.4 Å². The number of rotatable bonds is 1. The van der Waals surface area contributed by atoms with Crippen LogP contribution in [0, 0.1) is 13.8 Å². The lowest BCUT2D eigenvalue weighted by molar-refractivity contribution is 1.44. The van der Waals surface area contributed by atoms with Gasteiger partial charge in [0.2, 0.25) is 0 Å². The molecule has 0 atom stereocenters. The summed E-state index contributed by atoms with van der Waals surface area (Å²) in [4.78, 5) is 0. The number of aryl methyl sites for hydroxylation is 2. The summed E-state index contributed by atoms with van der Waals surface area (Å²) in [6.45, 7) is 4.06. The van der Waals surface area contributed by atoms with Gasteiger partial charge in [0.15, 0.2) is 0 Å². The number of benzene rings is 2. The van der Waals surface area contributed by atoms with E-state index in [2.05, 4.69) is 25.1 Å². The van der Waals surface area contributed by atoms with E-state index in [1.165, 1.54) is 5.56 Å². The molecule has 0 aliphatic heterocycles. The molecular weight excluding hydrogens is 218 g/mol. The molecule has 2 rings (SSSR count). The van der Waals surface area contributed by atoms with Gasteiger partial charge in [-0.25, -0.2) is 0 Å². The number of nitrogens with two attached hydrogens (primary N) is 1. The Bertz CT molecular complexity index is 532. The molecular formula is C14H14ClN. The van der Waals surface area contributed by atoms with Crippen molar-refractivity contribution in [1.29, 1.82) is 0 Å². The first-order valence-electron chi connectivity index (χ1n) is 5.20. The fourth-order valence-electron chi connectivity index (χ4n) is 1.73. The van der Waals surface area contributed by atoms with Gasteiger partial charge in [-0.2, -0.15) is 0 Å². The van der Waals surface area contributed by atoms with Crippen LogP contribution in [0.3, 0.4) is 0 Å². The van der Waals surface area contributed by atoms with E-state index in [0.29, 0.717) is 5.02 Å².